The minimum atomic E-state index is -0.679. The van der Waals surface area contributed by atoms with Gasteiger partial charge in [-0.1, -0.05) is 37.3 Å². The first kappa shape index (κ1) is 12.0. The Labute approximate surface area is 104 Å². The molecule has 92 valence electrons. The fraction of sp³-hybridized carbons (Fsp3) is 0.154. The van der Waals surface area contributed by atoms with Crippen LogP contribution in [0.25, 0.3) is 11.1 Å². The molecule has 0 fully saturated rings. The van der Waals surface area contributed by atoms with Crippen LogP contribution in [0, 0.1) is 0 Å². The first-order valence-electron chi connectivity index (χ1n) is 5.58. The number of carbonyl (C=O) groups excluding carboxylic acids is 1. The summed E-state index contributed by atoms with van der Waals surface area (Å²) >= 11 is 0. The summed E-state index contributed by atoms with van der Waals surface area (Å²) in [5.41, 5.74) is 6.29. The second kappa shape index (κ2) is 4.83. The molecule has 0 spiro atoms. The molecule has 0 unspecified atom stereocenters. The number of aryl methyl sites for hydroxylation is 1. The molecule has 2 rings (SSSR count). The molecule has 1 aromatic heterocycles. The SMILES string of the molecule is CCc1nc(O)c(-c2ccccc2)c(C(N)=O)n1. The third-order valence-electron chi connectivity index (χ3n) is 2.55. The van der Waals surface area contributed by atoms with Crippen LogP contribution in [0.2, 0.25) is 0 Å². The number of amides is 1. The Bertz CT molecular complexity index is 582. The molecule has 0 aliphatic carbocycles. The van der Waals surface area contributed by atoms with E-state index in [4.69, 9.17) is 5.73 Å². The molecule has 1 heterocycles. The van der Waals surface area contributed by atoms with E-state index >= 15 is 0 Å². The number of aromatic nitrogens is 2. The van der Waals surface area contributed by atoms with Gasteiger partial charge in [-0.05, 0) is 5.56 Å². The number of primary amides is 1. The number of rotatable bonds is 3. The molecular formula is C13H13N3O2. The van der Waals surface area contributed by atoms with Crippen LogP contribution in [0.1, 0.15) is 23.2 Å². The summed E-state index contributed by atoms with van der Waals surface area (Å²) in [6.45, 7) is 1.84. The van der Waals surface area contributed by atoms with Crippen molar-refractivity contribution in [3.05, 3.63) is 41.9 Å². The van der Waals surface area contributed by atoms with E-state index in [1.54, 1.807) is 24.3 Å². The average Bonchev–Trinajstić information content (AvgIpc) is 2.38. The smallest absolute Gasteiger partial charge is 0.268 e. The van der Waals surface area contributed by atoms with Gasteiger partial charge >= 0.3 is 0 Å². The van der Waals surface area contributed by atoms with Gasteiger partial charge in [-0.15, -0.1) is 0 Å². The van der Waals surface area contributed by atoms with E-state index < -0.39 is 5.91 Å². The highest BCUT2D eigenvalue weighted by atomic mass is 16.3. The van der Waals surface area contributed by atoms with E-state index in [1.807, 2.05) is 13.0 Å². The lowest BCUT2D eigenvalue weighted by molar-refractivity contribution is 0.0995. The van der Waals surface area contributed by atoms with Gasteiger partial charge in [-0.25, -0.2) is 4.98 Å². The Morgan fingerprint density at radius 1 is 1.28 bits per heavy atom. The van der Waals surface area contributed by atoms with Crippen LogP contribution in [-0.4, -0.2) is 21.0 Å². The second-order valence-corrected chi connectivity index (χ2v) is 3.77. The highest BCUT2D eigenvalue weighted by Gasteiger charge is 2.18. The van der Waals surface area contributed by atoms with Crippen LogP contribution in [0.15, 0.2) is 30.3 Å². The molecular weight excluding hydrogens is 230 g/mol. The maximum absolute atomic E-state index is 11.4. The van der Waals surface area contributed by atoms with Crippen molar-refractivity contribution in [2.45, 2.75) is 13.3 Å². The van der Waals surface area contributed by atoms with Crippen LogP contribution in [0.5, 0.6) is 5.88 Å². The number of hydrogen-bond acceptors (Lipinski definition) is 4. The van der Waals surface area contributed by atoms with E-state index in [-0.39, 0.29) is 17.1 Å². The van der Waals surface area contributed by atoms with Crippen LogP contribution in [-0.2, 0) is 6.42 Å². The van der Waals surface area contributed by atoms with Crippen molar-refractivity contribution in [3.63, 3.8) is 0 Å². The van der Waals surface area contributed by atoms with Crippen molar-refractivity contribution in [2.24, 2.45) is 5.73 Å². The average molecular weight is 243 g/mol. The Morgan fingerprint density at radius 2 is 1.94 bits per heavy atom. The molecule has 1 aromatic carbocycles. The van der Waals surface area contributed by atoms with Crippen molar-refractivity contribution in [1.82, 2.24) is 9.97 Å². The van der Waals surface area contributed by atoms with Crippen molar-refractivity contribution in [2.75, 3.05) is 0 Å². The van der Waals surface area contributed by atoms with Gasteiger partial charge < -0.3 is 10.8 Å². The Hall–Kier alpha value is -2.43. The monoisotopic (exact) mass is 243 g/mol. The highest BCUT2D eigenvalue weighted by molar-refractivity contribution is 5.99. The predicted octanol–water partition coefficient (Wildman–Crippen LogP) is 1.51. The molecule has 0 radical (unpaired) electrons. The summed E-state index contributed by atoms with van der Waals surface area (Å²) in [4.78, 5) is 19.5. The summed E-state index contributed by atoms with van der Waals surface area (Å²) < 4.78 is 0. The van der Waals surface area contributed by atoms with Crippen molar-refractivity contribution >= 4 is 5.91 Å². The van der Waals surface area contributed by atoms with Crippen LogP contribution < -0.4 is 5.73 Å². The van der Waals surface area contributed by atoms with Crippen LogP contribution in [0.4, 0.5) is 0 Å². The van der Waals surface area contributed by atoms with Gasteiger partial charge in [0.05, 0.1) is 5.56 Å². The molecule has 0 saturated heterocycles. The molecule has 5 nitrogen and oxygen atoms in total. The van der Waals surface area contributed by atoms with Crippen molar-refractivity contribution < 1.29 is 9.90 Å². The van der Waals surface area contributed by atoms with Gasteiger partial charge in [-0.2, -0.15) is 4.98 Å². The number of benzene rings is 1. The first-order valence-corrected chi connectivity index (χ1v) is 5.58. The zero-order valence-corrected chi connectivity index (χ0v) is 9.92. The standard InChI is InChI=1S/C13H13N3O2/c1-2-9-15-11(12(14)17)10(13(18)16-9)8-6-4-3-5-7-8/h3-7H,2H2,1H3,(H2,14,17)(H,15,16,18). The second-order valence-electron chi connectivity index (χ2n) is 3.77. The number of aromatic hydroxyl groups is 1. The summed E-state index contributed by atoms with van der Waals surface area (Å²) in [5, 5.41) is 9.95. The minimum Gasteiger partial charge on any atom is -0.493 e. The van der Waals surface area contributed by atoms with Crippen molar-refractivity contribution in [3.8, 4) is 17.0 Å². The quantitative estimate of drug-likeness (QED) is 0.855. The van der Waals surface area contributed by atoms with E-state index in [0.717, 1.165) is 0 Å². The summed E-state index contributed by atoms with van der Waals surface area (Å²) in [5.74, 6) is -0.510. The molecule has 0 bridgehead atoms. The molecule has 3 N–H and O–H groups in total. The molecule has 5 heteroatoms. The maximum atomic E-state index is 11.4. The maximum Gasteiger partial charge on any atom is 0.268 e. The van der Waals surface area contributed by atoms with Gasteiger partial charge in [0, 0.05) is 6.42 Å². The molecule has 0 aliphatic rings. The molecule has 0 atom stereocenters. The zero-order valence-electron chi connectivity index (χ0n) is 9.92. The fourth-order valence-electron chi connectivity index (χ4n) is 1.70. The topological polar surface area (TPSA) is 89.1 Å². The summed E-state index contributed by atoms with van der Waals surface area (Å²) in [7, 11) is 0. The lowest BCUT2D eigenvalue weighted by Crippen LogP contribution is -2.16. The summed E-state index contributed by atoms with van der Waals surface area (Å²) in [6.07, 6.45) is 0.517. The minimum absolute atomic E-state index is 0.0468. The predicted molar refractivity (Wildman–Crippen MR) is 67.0 cm³/mol. The third-order valence-corrected chi connectivity index (χ3v) is 2.55. The van der Waals surface area contributed by atoms with E-state index in [9.17, 15) is 9.90 Å². The molecule has 0 saturated carbocycles. The van der Waals surface area contributed by atoms with Gasteiger partial charge in [-0.3, -0.25) is 4.79 Å². The summed E-state index contributed by atoms with van der Waals surface area (Å²) in [6, 6.07) is 8.96. The lowest BCUT2D eigenvalue weighted by atomic mass is 10.0. The van der Waals surface area contributed by atoms with Gasteiger partial charge in [0.25, 0.3) is 5.91 Å². The molecule has 1 amide bonds. The number of nitrogens with zero attached hydrogens (tertiary/aromatic N) is 2. The largest absolute Gasteiger partial charge is 0.493 e. The Kier molecular flexibility index (Phi) is 3.23. The normalized spacial score (nSPS) is 10.3. The lowest BCUT2D eigenvalue weighted by Gasteiger charge is -2.09. The van der Waals surface area contributed by atoms with E-state index in [2.05, 4.69) is 9.97 Å². The molecule has 0 aliphatic heterocycles. The number of hydrogen-bond donors (Lipinski definition) is 2. The third kappa shape index (κ3) is 2.15. The molecule has 18 heavy (non-hydrogen) atoms. The first-order chi connectivity index (χ1) is 8.63. The van der Waals surface area contributed by atoms with Gasteiger partial charge in [0.2, 0.25) is 5.88 Å². The fourth-order valence-corrected chi connectivity index (χ4v) is 1.70. The van der Waals surface area contributed by atoms with Crippen molar-refractivity contribution in [1.29, 1.82) is 0 Å². The number of nitrogens with two attached hydrogens (primary N) is 1. The number of carbonyl (C=O) groups is 1. The zero-order chi connectivity index (χ0) is 13.1. The van der Waals surface area contributed by atoms with Crippen LogP contribution in [0.3, 0.4) is 0 Å². The van der Waals surface area contributed by atoms with Crippen LogP contribution >= 0.6 is 0 Å². The highest BCUT2D eigenvalue weighted by Crippen LogP contribution is 2.29. The Morgan fingerprint density at radius 3 is 2.50 bits per heavy atom. The van der Waals surface area contributed by atoms with Gasteiger partial charge in [0.15, 0.2) is 0 Å². The van der Waals surface area contributed by atoms with Gasteiger partial charge in [0.1, 0.15) is 11.5 Å². The molecule has 2 aromatic rings. The van der Waals surface area contributed by atoms with E-state index in [1.165, 1.54) is 0 Å². The van der Waals surface area contributed by atoms with E-state index in [0.29, 0.717) is 17.8 Å². The Balaban J connectivity index is 2.70.